The number of halogens is 1. The zero-order valence-electron chi connectivity index (χ0n) is 17.4. The molecule has 0 aliphatic heterocycles. The summed E-state index contributed by atoms with van der Waals surface area (Å²) < 4.78 is 10.4. The number of pyridine rings is 1. The van der Waals surface area contributed by atoms with Gasteiger partial charge in [0.05, 0.1) is 18.2 Å². The molecule has 0 radical (unpaired) electrons. The lowest BCUT2D eigenvalue weighted by atomic mass is 10.0. The van der Waals surface area contributed by atoms with Crippen molar-refractivity contribution in [3.63, 3.8) is 0 Å². The smallest absolute Gasteiger partial charge is 0.337 e. The third-order valence-electron chi connectivity index (χ3n) is 6.00. The highest BCUT2D eigenvalue weighted by Gasteiger charge is 2.20. The molecule has 162 valence electrons. The number of aryl methyl sites for hydroxylation is 1. The minimum atomic E-state index is -0.432. The number of fused-ring (bicyclic) bond motifs is 8. The molecule has 0 saturated carbocycles. The highest BCUT2D eigenvalue weighted by molar-refractivity contribution is 9.10. The highest BCUT2D eigenvalue weighted by atomic mass is 79.9. The molecule has 3 aromatic heterocycles. The van der Waals surface area contributed by atoms with Crippen molar-refractivity contribution in [1.82, 2.24) is 4.57 Å². The predicted octanol–water partition coefficient (Wildman–Crippen LogP) is 6.18. The number of benzene rings is 3. The van der Waals surface area contributed by atoms with E-state index in [-0.39, 0.29) is 11.0 Å². The average molecular weight is 536 g/mol. The lowest BCUT2D eigenvalue weighted by Crippen LogP contribution is -2.17. The third-order valence-corrected chi connectivity index (χ3v) is 8.77. The van der Waals surface area contributed by atoms with Crippen molar-refractivity contribution in [1.29, 1.82) is 0 Å². The van der Waals surface area contributed by atoms with Crippen LogP contribution in [0, 0.1) is 0 Å². The van der Waals surface area contributed by atoms with Gasteiger partial charge >= 0.3 is 5.97 Å². The van der Waals surface area contributed by atoms with Gasteiger partial charge in [-0.3, -0.25) is 9.59 Å². The molecule has 0 bridgehead atoms. The van der Waals surface area contributed by atoms with Gasteiger partial charge in [-0.25, -0.2) is 4.79 Å². The number of aromatic nitrogens is 1. The highest BCUT2D eigenvalue weighted by Crippen LogP contribution is 2.40. The average Bonchev–Trinajstić information content (AvgIpc) is 3.21. The van der Waals surface area contributed by atoms with Gasteiger partial charge in [0.1, 0.15) is 4.70 Å². The molecule has 6 rings (SSSR count). The fourth-order valence-electron chi connectivity index (χ4n) is 4.44. The van der Waals surface area contributed by atoms with Crippen LogP contribution in [0.15, 0.2) is 62.6 Å². The number of rotatable bonds is 1. The zero-order chi connectivity index (χ0) is 23.0. The number of esters is 1. The van der Waals surface area contributed by atoms with Crippen LogP contribution in [0.3, 0.4) is 0 Å². The first-order valence-electron chi connectivity index (χ1n) is 10.0. The molecule has 0 spiro atoms. The van der Waals surface area contributed by atoms with E-state index in [4.69, 9.17) is 4.74 Å². The van der Waals surface area contributed by atoms with E-state index in [1.165, 1.54) is 18.4 Å². The molecule has 0 amide bonds. The van der Waals surface area contributed by atoms with E-state index in [1.807, 2.05) is 36.4 Å². The molecule has 3 aromatic carbocycles. The summed E-state index contributed by atoms with van der Waals surface area (Å²) >= 11 is 6.37. The predicted molar refractivity (Wildman–Crippen MR) is 140 cm³/mol. The lowest BCUT2D eigenvalue weighted by molar-refractivity contribution is 0.0601. The van der Waals surface area contributed by atoms with Gasteiger partial charge < -0.3 is 9.30 Å². The Morgan fingerprint density at radius 3 is 2.45 bits per heavy atom. The topological polar surface area (TPSA) is 65.4 Å². The summed E-state index contributed by atoms with van der Waals surface area (Å²) in [6.07, 6.45) is 0. The monoisotopic (exact) mass is 535 g/mol. The number of carbonyl (C=O) groups is 1. The molecule has 0 saturated heterocycles. The molecule has 0 atom stereocenters. The number of ether oxygens (including phenoxy) is 1. The lowest BCUT2D eigenvalue weighted by Gasteiger charge is -2.10. The van der Waals surface area contributed by atoms with Crippen LogP contribution in [-0.4, -0.2) is 17.6 Å². The normalized spacial score (nSPS) is 11.8. The Morgan fingerprint density at radius 1 is 0.879 bits per heavy atom. The molecule has 6 aromatic rings. The molecule has 0 aliphatic rings. The van der Waals surface area contributed by atoms with E-state index >= 15 is 0 Å². The second kappa shape index (κ2) is 7.21. The second-order valence-corrected chi connectivity index (χ2v) is 10.8. The van der Waals surface area contributed by atoms with Crippen molar-refractivity contribution < 1.29 is 9.53 Å². The summed E-state index contributed by atoms with van der Waals surface area (Å²) in [5, 5.41) is 3.62. The van der Waals surface area contributed by atoms with Crippen LogP contribution in [-0.2, 0) is 11.8 Å². The minimum absolute atomic E-state index is 0.0591. The quantitative estimate of drug-likeness (QED) is 0.143. The summed E-state index contributed by atoms with van der Waals surface area (Å²) in [4.78, 5) is 39.1. The van der Waals surface area contributed by atoms with Gasteiger partial charge in [-0.1, -0.05) is 22.0 Å². The SMILES string of the molecule is COC(=O)c1ccc2c(c1)sc1c(=O)n(C)c3ccc4sc5ccc(Br)cc5c(=O)c4c3c12. The first-order valence-corrected chi connectivity index (χ1v) is 12.4. The van der Waals surface area contributed by atoms with E-state index in [0.29, 0.717) is 26.6 Å². The molecule has 0 unspecified atom stereocenters. The molecule has 5 nitrogen and oxygen atoms in total. The summed E-state index contributed by atoms with van der Waals surface area (Å²) in [6, 6.07) is 14.8. The number of thiophene rings is 1. The van der Waals surface area contributed by atoms with Gasteiger partial charge in [0, 0.05) is 52.6 Å². The van der Waals surface area contributed by atoms with E-state index in [0.717, 1.165) is 34.7 Å². The van der Waals surface area contributed by atoms with Crippen LogP contribution < -0.4 is 11.0 Å². The molecule has 0 fully saturated rings. The maximum Gasteiger partial charge on any atom is 0.337 e. The largest absolute Gasteiger partial charge is 0.465 e. The van der Waals surface area contributed by atoms with Crippen molar-refractivity contribution in [2.75, 3.05) is 7.11 Å². The van der Waals surface area contributed by atoms with Crippen LogP contribution in [0.5, 0.6) is 0 Å². The Labute approximate surface area is 202 Å². The first kappa shape index (κ1) is 20.5. The zero-order valence-corrected chi connectivity index (χ0v) is 20.6. The third kappa shape index (κ3) is 2.84. The van der Waals surface area contributed by atoms with Crippen LogP contribution in [0.1, 0.15) is 10.4 Å². The molecular formula is C25H14BrNO4S2. The summed E-state index contributed by atoms with van der Waals surface area (Å²) in [5.41, 5.74) is 0.939. The molecular weight excluding hydrogens is 522 g/mol. The molecule has 3 heterocycles. The van der Waals surface area contributed by atoms with Crippen LogP contribution >= 0.6 is 38.6 Å². The number of carbonyl (C=O) groups excluding carboxylic acids is 1. The van der Waals surface area contributed by atoms with E-state index < -0.39 is 5.97 Å². The van der Waals surface area contributed by atoms with Gasteiger partial charge in [-0.2, -0.15) is 0 Å². The van der Waals surface area contributed by atoms with Crippen LogP contribution in [0.2, 0.25) is 0 Å². The van der Waals surface area contributed by atoms with Crippen molar-refractivity contribution in [3.05, 3.63) is 79.1 Å². The second-order valence-electron chi connectivity index (χ2n) is 7.78. The van der Waals surface area contributed by atoms with Gasteiger partial charge in [0.25, 0.3) is 5.56 Å². The van der Waals surface area contributed by atoms with Crippen molar-refractivity contribution >= 4 is 95.8 Å². The number of hydrogen-bond acceptors (Lipinski definition) is 6. The Hall–Kier alpha value is -3.07. The molecule has 0 N–H and O–H groups in total. The maximum atomic E-state index is 13.8. The van der Waals surface area contributed by atoms with E-state index in [9.17, 15) is 14.4 Å². The van der Waals surface area contributed by atoms with E-state index in [1.54, 1.807) is 35.1 Å². The fourth-order valence-corrected chi connectivity index (χ4v) is 7.09. The van der Waals surface area contributed by atoms with Crippen LogP contribution in [0.4, 0.5) is 0 Å². The Balaban J connectivity index is 1.91. The van der Waals surface area contributed by atoms with E-state index in [2.05, 4.69) is 15.9 Å². The number of nitrogens with zero attached hydrogens (tertiary/aromatic N) is 1. The Bertz CT molecular complexity index is 1950. The van der Waals surface area contributed by atoms with Gasteiger partial charge in [-0.05, 0) is 42.5 Å². The van der Waals surface area contributed by atoms with Crippen molar-refractivity contribution in [2.24, 2.45) is 7.05 Å². The van der Waals surface area contributed by atoms with Gasteiger partial charge in [-0.15, -0.1) is 22.7 Å². The molecule has 8 heteroatoms. The summed E-state index contributed by atoms with van der Waals surface area (Å²) in [6.45, 7) is 0. The minimum Gasteiger partial charge on any atom is -0.465 e. The van der Waals surface area contributed by atoms with Gasteiger partial charge in [0.2, 0.25) is 0 Å². The van der Waals surface area contributed by atoms with Crippen molar-refractivity contribution in [3.8, 4) is 0 Å². The van der Waals surface area contributed by atoms with Crippen molar-refractivity contribution in [2.45, 2.75) is 0 Å². The number of hydrogen-bond donors (Lipinski definition) is 0. The van der Waals surface area contributed by atoms with Gasteiger partial charge in [0.15, 0.2) is 5.43 Å². The molecule has 33 heavy (non-hydrogen) atoms. The Kier molecular flexibility index (Phi) is 4.49. The number of methoxy groups -OCH3 is 1. The fraction of sp³-hybridized carbons (Fsp3) is 0.0800. The Morgan fingerprint density at radius 2 is 1.67 bits per heavy atom. The summed E-state index contributed by atoms with van der Waals surface area (Å²) in [5.74, 6) is -0.432. The maximum absolute atomic E-state index is 13.8. The molecule has 0 aliphatic carbocycles. The summed E-state index contributed by atoms with van der Waals surface area (Å²) in [7, 11) is 3.07. The standard InChI is InChI=1S/C25H14BrNO4S2/c1-27-15-6-8-17-21(22(28)14-10-12(26)4-7-16(14)32-17)20(15)19-13-5-3-11(25(30)31-2)9-18(13)33-23(19)24(27)29/h3-10H,1-2H3. The van der Waals surface area contributed by atoms with Crippen LogP contribution in [0.25, 0.3) is 51.2 Å². The first-order chi connectivity index (χ1) is 15.9.